The van der Waals surface area contributed by atoms with E-state index >= 15 is 0 Å². The molecule has 138 valence electrons. The minimum atomic E-state index is -3.77. The van der Waals surface area contributed by atoms with Crippen molar-refractivity contribution in [1.82, 2.24) is 14.1 Å². The number of sulfonamides is 1. The van der Waals surface area contributed by atoms with Gasteiger partial charge in [0.1, 0.15) is 12.6 Å². The number of anilines is 1. The average molecular weight is 378 g/mol. The number of benzene rings is 1. The molecule has 26 heavy (non-hydrogen) atoms. The Labute approximate surface area is 150 Å². The molecule has 2 heterocycles. The molecule has 10 heteroatoms. The molecule has 0 saturated carbocycles. The maximum atomic E-state index is 12.8. The summed E-state index contributed by atoms with van der Waals surface area (Å²) in [5.41, 5.74) is 0. The first-order chi connectivity index (χ1) is 12.4. The third-order valence-electron chi connectivity index (χ3n) is 4.05. The Hall–Kier alpha value is -2.72. The summed E-state index contributed by atoms with van der Waals surface area (Å²) < 4.78 is 27.9. The predicted octanol–water partition coefficient (Wildman–Crippen LogP) is 0.759. The van der Waals surface area contributed by atoms with Gasteiger partial charge in [-0.3, -0.25) is 14.3 Å². The number of carboxylic acid groups (broad SMARTS) is 1. The molecule has 0 bridgehead atoms. The number of aliphatic carboxylic acids is 1. The predicted molar refractivity (Wildman–Crippen MR) is 91.8 cm³/mol. The molecule has 1 saturated heterocycles. The van der Waals surface area contributed by atoms with Crippen molar-refractivity contribution in [1.29, 1.82) is 0 Å². The van der Waals surface area contributed by atoms with E-state index in [1.165, 1.54) is 33.4 Å². The molecule has 2 N–H and O–H groups in total. The fourth-order valence-corrected chi connectivity index (χ4v) is 4.56. The quantitative estimate of drug-likeness (QED) is 0.765. The van der Waals surface area contributed by atoms with E-state index < -0.39 is 27.9 Å². The number of nitrogens with one attached hydrogen (secondary N) is 1. The molecular formula is C16H18N4O5S. The van der Waals surface area contributed by atoms with Crippen LogP contribution < -0.4 is 5.32 Å². The zero-order valence-electron chi connectivity index (χ0n) is 13.8. The number of aromatic nitrogens is 2. The van der Waals surface area contributed by atoms with E-state index in [0.29, 0.717) is 12.8 Å². The Morgan fingerprint density at radius 2 is 1.96 bits per heavy atom. The molecule has 1 aromatic heterocycles. The fourth-order valence-electron chi connectivity index (χ4n) is 2.88. The lowest BCUT2D eigenvalue weighted by atomic mass is 10.2. The highest BCUT2D eigenvalue weighted by atomic mass is 32.2. The van der Waals surface area contributed by atoms with Crippen LogP contribution in [-0.2, 0) is 26.2 Å². The number of rotatable bonds is 6. The second-order valence-electron chi connectivity index (χ2n) is 5.87. The maximum Gasteiger partial charge on any atom is 0.325 e. The minimum absolute atomic E-state index is 0.144. The summed E-state index contributed by atoms with van der Waals surface area (Å²) in [5, 5.41) is 15.2. The smallest absolute Gasteiger partial charge is 0.325 e. The maximum absolute atomic E-state index is 12.8. The van der Waals surface area contributed by atoms with Crippen LogP contribution in [0.4, 0.5) is 5.82 Å². The summed E-state index contributed by atoms with van der Waals surface area (Å²) in [4.78, 5) is 23.4. The van der Waals surface area contributed by atoms with Gasteiger partial charge in [0, 0.05) is 18.8 Å². The molecule has 0 radical (unpaired) electrons. The van der Waals surface area contributed by atoms with Crippen molar-refractivity contribution < 1.29 is 23.1 Å². The van der Waals surface area contributed by atoms with Crippen LogP contribution in [0.15, 0.2) is 47.5 Å². The van der Waals surface area contributed by atoms with Gasteiger partial charge in [0.05, 0.1) is 4.90 Å². The van der Waals surface area contributed by atoms with E-state index in [0.717, 1.165) is 0 Å². The van der Waals surface area contributed by atoms with Gasteiger partial charge in [-0.25, -0.2) is 8.42 Å². The first kappa shape index (κ1) is 18.1. The first-order valence-electron chi connectivity index (χ1n) is 8.01. The second-order valence-corrected chi connectivity index (χ2v) is 7.76. The third-order valence-corrected chi connectivity index (χ3v) is 5.97. The molecule has 1 fully saturated rings. The van der Waals surface area contributed by atoms with Gasteiger partial charge in [-0.15, -0.1) is 0 Å². The molecule has 1 unspecified atom stereocenters. The van der Waals surface area contributed by atoms with Crippen molar-refractivity contribution in [2.45, 2.75) is 30.3 Å². The van der Waals surface area contributed by atoms with Crippen LogP contribution in [-0.4, -0.2) is 52.1 Å². The summed E-state index contributed by atoms with van der Waals surface area (Å²) in [6.45, 7) is -0.0589. The van der Waals surface area contributed by atoms with Gasteiger partial charge in [0.2, 0.25) is 15.9 Å². The van der Waals surface area contributed by atoms with Crippen molar-refractivity contribution in [3.05, 3.63) is 42.6 Å². The van der Waals surface area contributed by atoms with Crippen LogP contribution in [0.1, 0.15) is 12.8 Å². The zero-order valence-corrected chi connectivity index (χ0v) is 14.6. The lowest BCUT2D eigenvalue weighted by molar-refractivity contribution is -0.137. The number of carbonyl (C=O) groups is 2. The molecule has 1 atom stereocenters. The molecular weight excluding hydrogens is 360 g/mol. The largest absolute Gasteiger partial charge is 0.480 e. The third kappa shape index (κ3) is 3.75. The molecule has 2 aromatic rings. The Kier molecular flexibility index (Phi) is 5.05. The number of nitrogens with zero attached hydrogens (tertiary/aromatic N) is 3. The van der Waals surface area contributed by atoms with Crippen LogP contribution in [0, 0.1) is 0 Å². The lowest BCUT2D eigenvalue weighted by Crippen LogP contribution is -2.43. The highest BCUT2D eigenvalue weighted by Crippen LogP contribution is 2.26. The van der Waals surface area contributed by atoms with Crippen LogP contribution in [0.3, 0.4) is 0 Å². The molecule has 0 aliphatic carbocycles. The van der Waals surface area contributed by atoms with Gasteiger partial charge >= 0.3 is 5.97 Å². The lowest BCUT2D eigenvalue weighted by Gasteiger charge is -2.23. The van der Waals surface area contributed by atoms with E-state index in [9.17, 15) is 18.0 Å². The highest BCUT2D eigenvalue weighted by molar-refractivity contribution is 7.89. The number of hydrogen-bond acceptors (Lipinski definition) is 5. The average Bonchev–Trinajstić information content (AvgIpc) is 3.25. The summed E-state index contributed by atoms with van der Waals surface area (Å²) in [6.07, 6.45) is 2.42. The number of amides is 1. The van der Waals surface area contributed by atoms with Gasteiger partial charge in [-0.2, -0.15) is 9.40 Å². The van der Waals surface area contributed by atoms with Crippen molar-refractivity contribution in [3.8, 4) is 0 Å². The normalized spacial score (nSPS) is 17.9. The van der Waals surface area contributed by atoms with E-state index in [2.05, 4.69) is 10.4 Å². The van der Waals surface area contributed by atoms with Gasteiger partial charge in [0.25, 0.3) is 0 Å². The fraction of sp³-hybridized carbons (Fsp3) is 0.312. The summed E-state index contributed by atoms with van der Waals surface area (Å²) in [5.74, 6) is -1.36. The van der Waals surface area contributed by atoms with Crippen molar-refractivity contribution in [2.24, 2.45) is 0 Å². The number of carbonyl (C=O) groups excluding carboxylic acids is 1. The monoisotopic (exact) mass is 378 g/mol. The minimum Gasteiger partial charge on any atom is -0.480 e. The van der Waals surface area contributed by atoms with Gasteiger partial charge in [-0.1, -0.05) is 18.2 Å². The molecule has 1 amide bonds. The topological polar surface area (TPSA) is 122 Å². The van der Waals surface area contributed by atoms with Gasteiger partial charge < -0.3 is 10.4 Å². The highest BCUT2D eigenvalue weighted by Gasteiger charge is 2.39. The van der Waals surface area contributed by atoms with Crippen molar-refractivity contribution in [2.75, 3.05) is 11.9 Å². The Balaban J connectivity index is 1.74. The van der Waals surface area contributed by atoms with E-state index in [4.69, 9.17) is 5.11 Å². The van der Waals surface area contributed by atoms with Gasteiger partial charge in [-0.05, 0) is 25.0 Å². The van der Waals surface area contributed by atoms with Crippen LogP contribution in [0.25, 0.3) is 0 Å². The molecule has 3 rings (SSSR count). The van der Waals surface area contributed by atoms with E-state index in [1.54, 1.807) is 18.2 Å². The number of hydrogen-bond donors (Lipinski definition) is 2. The van der Waals surface area contributed by atoms with Crippen LogP contribution in [0.2, 0.25) is 0 Å². The number of carboxylic acids is 1. The summed E-state index contributed by atoms with van der Waals surface area (Å²) in [7, 11) is -3.77. The zero-order chi connectivity index (χ0) is 18.7. The van der Waals surface area contributed by atoms with Crippen molar-refractivity contribution >= 4 is 27.7 Å². The first-order valence-corrected chi connectivity index (χ1v) is 9.45. The molecule has 1 aromatic carbocycles. The summed E-state index contributed by atoms with van der Waals surface area (Å²) in [6, 6.07) is 8.61. The van der Waals surface area contributed by atoms with E-state index in [-0.39, 0.29) is 23.8 Å². The van der Waals surface area contributed by atoms with Gasteiger partial charge in [0.15, 0.2) is 5.82 Å². The molecule has 1 aliphatic heterocycles. The molecule has 9 nitrogen and oxygen atoms in total. The second kappa shape index (κ2) is 7.26. The molecule has 0 spiro atoms. The Morgan fingerprint density at radius 1 is 1.23 bits per heavy atom. The van der Waals surface area contributed by atoms with Crippen LogP contribution in [0.5, 0.6) is 0 Å². The SMILES string of the molecule is O=C(O)Cn1ccc(NC(=O)C2CCCN2S(=O)(=O)c2ccccc2)n1. The Bertz CT molecular complexity index is 910. The van der Waals surface area contributed by atoms with Crippen LogP contribution >= 0.6 is 0 Å². The molecule has 1 aliphatic rings. The van der Waals surface area contributed by atoms with E-state index in [1.807, 2.05) is 0 Å². The Morgan fingerprint density at radius 3 is 2.65 bits per heavy atom. The standard InChI is InChI=1S/C16H18N4O5S/c21-15(22)11-19-10-8-14(18-19)17-16(23)13-7-4-9-20(13)26(24,25)12-5-2-1-3-6-12/h1-3,5-6,8,10,13H,4,7,9,11H2,(H,21,22)(H,17,18,23). The van der Waals surface area contributed by atoms with Crippen molar-refractivity contribution in [3.63, 3.8) is 0 Å². The summed E-state index contributed by atoms with van der Waals surface area (Å²) >= 11 is 0.